The second-order valence-electron chi connectivity index (χ2n) is 2.54. The van der Waals surface area contributed by atoms with E-state index < -0.39 is 5.97 Å². The van der Waals surface area contributed by atoms with E-state index in [-0.39, 0.29) is 4.91 Å². The standard InChI is InChI=1S/C10H9ClO2S/c1-14-9(10(12)13)6-7-4-2-3-5-8(7)11/h2-6H,1H3,(H,12,13). The van der Waals surface area contributed by atoms with Crippen molar-refractivity contribution in [3.63, 3.8) is 0 Å². The number of thioether (sulfide) groups is 1. The van der Waals surface area contributed by atoms with Crippen LogP contribution in [0.15, 0.2) is 29.2 Å². The van der Waals surface area contributed by atoms with Gasteiger partial charge >= 0.3 is 5.97 Å². The molecule has 74 valence electrons. The minimum Gasteiger partial charge on any atom is -0.477 e. The monoisotopic (exact) mass is 228 g/mol. The summed E-state index contributed by atoms with van der Waals surface area (Å²) in [6.45, 7) is 0. The Balaban J connectivity index is 3.07. The van der Waals surface area contributed by atoms with Gasteiger partial charge in [-0.2, -0.15) is 0 Å². The van der Waals surface area contributed by atoms with E-state index in [1.165, 1.54) is 11.8 Å². The van der Waals surface area contributed by atoms with Crippen LogP contribution in [0.4, 0.5) is 0 Å². The fraction of sp³-hybridized carbons (Fsp3) is 0.100. The van der Waals surface area contributed by atoms with Gasteiger partial charge in [0.25, 0.3) is 0 Å². The first kappa shape index (κ1) is 11.1. The Morgan fingerprint density at radius 1 is 1.50 bits per heavy atom. The van der Waals surface area contributed by atoms with E-state index in [1.807, 2.05) is 6.07 Å². The van der Waals surface area contributed by atoms with Gasteiger partial charge in [-0.05, 0) is 24.0 Å². The SMILES string of the molecule is CSC(=Cc1ccccc1Cl)C(=O)O. The molecule has 1 aromatic carbocycles. The van der Waals surface area contributed by atoms with E-state index in [1.54, 1.807) is 30.5 Å². The molecule has 0 spiro atoms. The van der Waals surface area contributed by atoms with E-state index >= 15 is 0 Å². The zero-order chi connectivity index (χ0) is 10.6. The molecule has 0 fully saturated rings. The predicted molar refractivity (Wildman–Crippen MR) is 60.6 cm³/mol. The molecule has 0 aliphatic carbocycles. The third kappa shape index (κ3) is 2.79. The molecule has 2 nitrogen and oxygen atoms in total. The fourth-order valence-corrected chi connectivity index (χ4v) is 1.55. The Morgan fingerprint density at radius 2 is 2.14 bits per heavy atom. The molecular formula is C10H9ClO2S. The number of hydrogen-bond donors (Lipinski definition) is 1. The molecule has 4 heteroatoms. The van der Waals surface area contributed by atoms with Crippen molar-refractivity contribution in [1.82, 2.24) is 0 Å². The molecule has 0 atom stereocenters. The predicted octanol–water partition coefficient (Wildman–Crippen LogP) is 3.13. The molecule has 0 saturated heterocycles. The number of carbonyl (C=O) groups is 1. The third-order valence-electron chi connectivity index (χ3n) is 1.62. The molecule has 1 aromatic rings. The first-order chi connectivity index (χ1) is 6.65. The largest absolute Gasteiger partial charge is 0.477 e. The first-order valence-electron chi connectivity index (χ1n) is 3.88. The van der Waals surface area contributed by atoms with Crippen molar-refractivity contribution in [3.8, 4) is 0 Å². The summed E-state index contributed by atoms with van der Waals surface area (Å²) in [7, 11) is 0. The molecule has 1 rings (SSSR count). The van der Waals surface area contributed by atoms with Gasteiger partial charge in [-0.3, -0.25) is 0 Å². The maximum Gasteiger partial charge on any atom is 0.342 e. The van der Waals surface area contributed by atoms with Gasteiger partial charge in [-0.25, -0.2) is 4.79 Å². The molecule has 0 saturated carbocycles. The fourth-order valence-electron chi connectivity index (χ4n) is 0.941. The Hall–Kier alpha value is -0.930. The lowest BCUT2D eigenvalue weighted by atomic mass is 10.2. The number of hydrogen-bond acceptors (Lipinski definition) is 2. The third-order valence-corrected chi connectivity index (χ3v) is 2.70. The maximum absolute atomic E-state index is 10.7. The van der Waals surface area contributed by atoms with Crippen LogP contribution in [0.3, 0.4) is 0 Å². The summed E-state index contributed by atoms with van der Waals surface area (Å²) < 4.78 is 0. The second-order valence-corrected chi connectivity index (χ2v) is 3.79. The van der Waals surface area contributed by atoms with Crippen molar-refractivity contribution in [1.29, 1.82) is 0 Å². The summed E-state index contributed by atoms with van der Waals surface area (Å²) >= 11 is 7.07. The average molecular weight is 229 g/mol. The maximum atomic E-state index is 10.7. The molecule has 0 unspecified atom stereocenters. The Labute approximate surface area is 91.6 Å². The van der Waals surface area contributed by atoms with E-state index in [0.717, 1.165) is 5.56 Å². The molecule has 0 bridgehead atoms. The summed E-state index contributed by atoms with van der Waals surface area (Å²) in [5.74, 6) is -0.933. The van der Waals surface area contributed by atoms with Crippen LogP contribution in [0.2, 0.25) is 5.02 Å². The number of benzene rings is 1. The summed E-state index contributed by atoms with van der Waals surface area (Å²) in [5.41, 5.74) is 0.723. The molecule has 0 amide bonds. The number of aliphatic carboxylic acids is 1. The van der Waals surface area contributed by atoms with E-state index in [9.17, 15) is 4.79 Å². The number of carboxylic acids is 1. The topological polar surface area (TPSA) is 37.3 Å². The van der Waals surface area contributed by atoms with Gasteiger partial charge in [0.15, 0.2) is 0 Å². The zero-order valence-electron chi connectivity index (χ0n) is 7.53. The van der Waals surface area contributed by atoms with Gasteiger partial charge in [0.2, 0.25) is 0 Å². The van der Waals surface area contributed by atoms with Crippen molar-refractivity contribution >= 4 is 35.4 Å². The van der Waals surface area contributed by atoms with Crippen molar-refractivity contribution in [3.05, 3.63) is 39.8 Å². The van der Waals surface area contributed by atoms with Crippen LogP contribution in [0, 0.1) is 0 Å². The highest BCUT2D eigenvalue weighted by Gasteiger charge is 2.06. The van der Waals surface area contributed by atoms with Crippen LogP contribution in [0.25, 0.3) is 6.08 Å². The molecule has 0 aliphatic rings. The highest BCUT2D eigenvalue weighted by Crippen LogP contribution is 2.22. The molecule has 0 aromatic heterocycles. The van der Waals surface area contributed by atoms with Crippen LogP contribution in [0.5, 0.6) is 0 Å². The molecule has 0 radical (unpaired) electrons. The van der Waals surface area contributed by atoms with Crippen molar-refractivity contribution in [2.24, 2.45) is 0 Å². The number of carboxylic acid groups (broad SMARTS) is 1. The highest BCUT2D eigenvalue weighted by molar-refractivity contribution is 8.03. The molecule has 0 aliphatic heterocycles. The van der Waals surface area contributed by atoms with Crippen molar-refractivity contribution in [2.75, 3.05) is 6.26 Å². The lowest BCUT2D eigenvalue weighted by Crippen LogP contribution is -1.95. The van der Waals surface area contributed by atoms with E-state index in [0.29, 0.717) is 5.02 Å². The van der Waals surface area contributed by atoms with Crippen molar-refractivity contribution < 1.29 is 9.90 Å². The van der Waals surface area contributed by atoms with Crippen LogP contribution in [-0.4, -0.2) is 17.3 Å². The molecule has 14 heavy (non-hydrogen) atoms. The van der Waals surface area contributed by atoms with Gasteiger partial charge in [-0.1, -0.05) is 29.8 Å². The van der Waals surface area contributed by atoms with Gasteiger partial charge in [0, 0.05) is 5.02 Å². The summed E-state index contributed by atoms with van der Waals surface area (Å²) in [6.07, 6.45) is 3.28. The zero-order valence-corrected chi connectivity index (χ0v) is 9.10. The summed E-state index contributed by atoms with van der Waals surface area (Å²) in [4.78, 5) is 11.0. The van der Waals surface area contributed by atoms with Crippen LogP contribution < -0.4 is 0 Å². The number of rotatable bonds is 3. The molecular weight excluding hydrogens is 220 g/mol. The Morgan fingerprint density at radius 3 is 2.64 bits per heavy atom. The lowest BCUT2D eigenvalue weighted by Gasteiger charge is -1.99. The molecule has 1 N–H and O–H groups in total. The minimum atomic E-state index is -0.933. The Kier molecular flexibility index (Phi) is 4.04. The first-order valence-corrected chi connectivity index (χ1v) is 5.49. The van der Waals surface area contributed by atoms with Crippen LogP contribution in [-0.2, 0) is 4.79 Å². The van der Waals surface area contributed by atoms with Crippen LogP contribution in [0.1, 0.15) is 5.56 Å². The smallest absolute Gasteiger partial charge is 0.342 e. The number of halogens is 1. The molecule has 0 heterocycles. The van der Waals surface area contributed by atoms with E-state index in [2.05, 4.69) is 0 Å². The Bertz CT molecular complexity index is 374. The average Bonchev–Trinajstić information content (AvgIpc) is 2.16. The van der Waals surface area contributed by atoms with E-state index in [4.69, 9.17) is 16.7 Å². The summed E-state index contributed by atoms with van der Waals surface area (Å²) in [6, 6.07) is 7.13. The quantitative estimate of drug-likeness (QED) is 0.808. The minimum absolute atomic E-state index is 0.276. The summed E-state index contributed by atoms with van der Waals surface area (Å²) in [5, 5.41) is 9.35. The van der Waals surface area contributed by atoms with Gasteiger partial charge in [0.1, 0.15) is 0 Å². The normalized spacial score (nSPS) is 11.4. The second kappa shape index (κ2) is 5.08. The lowest BCUT2D eigenvalue weighted by molar-refractivity contribution is -0.131. The van der Waals surface area contributed by atoms with Crippen molar-refractivity contribution in [2.45, 2.75) is 0 Å². The highest BCUT2D eigenvalue weighted by atomic mass is 35.5. The van der Waals surface area contributed by atoms with Gasteiger partial charge < -0.3 is 5.11 Å². The van der Waals surface area contributed by atoms with Gasteiger partial charge in [-0.15, -0.1) is 11.8 Å². The van der Waals surface area contributed by atoms with Crippen LogP contribution >= 0.6 is 23.4 Å². The van der Waals surface area contributed by atoms with Gasteiger partial charge in [0.05, 0.1) is 4.91 Å².